The number of primary amides is 1. The average molecular weight is 366 g/mol. The molecule has 0 bridgehead atoms. The van der Waals surface area contributed by atoms with Crippen molar-refractivity contribution in [1.29, 1.82) is 0 Å². The van der Waals surface area contributed by atoms with Crippen LogP contribution in [0.25, 0.3) is 16.8 Å². The van der Waals surface area contributed by atoms with E-state index in [1.54, 1.807) is 65.6 Å². The summed E-state index contributed by atoms with van der Waals surface area (Å²) in [5.41, 5.74) is 6.56. The Morgan fingerprint density at radius 1 is 1.22 bits per heavy atom. The highest BCUT2D eigenvalue weighted by molar-refractivity contribution is 6.07. The first-order valence-electron chi connectivity index (χ1n) is 8.28. The quantitative estimate of drug-likeness (QED) is 0.699. The zero-order valence-electron chi connectivity index (χ0n) is 14.4. The number of halogens is 2. The standard InChI is InChI=1S/C20H16F2N4O/c1-20(22)16(19(23)27)17(21)15(12-6-3-2-4-7-12)18(25-20)13-8-5-9-26-11-24-10-14(13)26/h2-11,25H,1H3,(H2,23,27). The van der Waals surface area contributed by atoms with Gasteiger partial charge in [-0.15, -0.1) is 0 Å². The predicted octanol–water partition coefficient (Wildman–Crippen LogP) is 3.20. The molecule has 0 fully saturated rings. The first-order valence-corrected chi connectivity index (χ1v) is 8.28. The minimum Gasteiger partial charge on any atom is -0.366 e. The van der Waals surface area contributed by atoms with Crippen LogP contribution in [0.2, 0.25) is 0 Å². The van der Waals surface area contributed by atoms with E-state index in [2.05, 4.69) is 10.3 Å². The number of nitrogens with zero attached hydrogens (tertiary/aromatic N) is 2. The minimum absolute atomic E-state index is 0.0776. The fraction of sp³-hybridized carbons (Fsp3) is 0.100. The number of alkyl halides is 1. The third kappa shape index (κ3) is 2.68. The number of aromatic nitrogens is 2. The van der Waals surface area contributed by atoms with Gasteiger partial charge in [0.05, 0.1) is 23.7 Å². The normalized spacial score (nSPS) is 20.1. The van der Waals surface area contributed by atoms with Gasteiger partial charge in [-0.3, -0.25) is 4.79 Å². The summed E-state index contributed by atoms with van der Waals surface area (Å²) in [6.07, 6.45) is 4.99. The van der Waals surface area contributed by atoms with E-state index in [-0.39, 0.29) is 11.3 Å². The minimum atomic E-state index is -2.46. The van der Waals surface area contributed by atoms with Gasteiger partial charge < -0.3 is 15.5 Å². The molecule has 4 rings (SSSR count). The lowest BCUT2D eigenvalue weighted by Gasteiger charge is -2.33. The monoisotopic (exact) mass is 366 g/mol. The van der Waals surface area contributed by atoms with Gasteiger partial charge in [-0.25, -0.2) is 13.8 Å². The van der Waals surface area contributed by atoms with Crippen molar-refractivity contribution in [2.45, 2.75) is 12.7 Å². The fourth-order valence-corrected chi connectivity index (χ4v) is 3.38. The summed E-state index contributed by atoms with van der Waals surface area (Å²) in [6, 6.07) is 12.1. The number of dihydropyridines is 1. The number of carbonyl (C=O) groups excluding carboxylic acids is 1. The van der Waals surface area contributed by atoms with Gasteiger partial charge in [-0.2, -0.15) is 0 Å². The van der Waals surface area contributed by atoms with E-state index in [1.807, 2.05) is 0 Å². The number of benzene rings is 1. The number of carbonyl (C=O) groups is 1. The number of hydrogen-bond donors (Lipinski definition) is 2. The molecule has 5 nitrogen and oxygen atoms in total. The van der Waals surface area contributed by atoms with Gasteiger partial charge >= 0.3 is 0 Å². The summed E-state index contributed by atoms with van der Waals surface area (Å²) in [5, 5.41) is 2.67. The molecule has 1 aromatic carbocycles. The molecule has 3 N–H and O–H groups in total. The van der Waals surface area contributed by atoms with Gasteiger partial charge in [-0.05, 0) is 24.6 Å². The van der Waals surface area contributed by atoms with Crippen LogP contribution < -0.4 is 11.1 Å². The maximum absolute atomic E-state index is 15.4. The molecule has 1 unspecified atom stereocenters. The number of rotatable bonds is 3. The van der Waals surface area contributed by atoms with E-state index in [1.165, 1.54) is 0 Å². The summed E-state index contributed by atoms with van der Waals surface area (Å²) in [4.78, 5) is 15.9. The summed E-state index contributed by atoms with van der Waals surface area (Å²) in [5.74, 6) is -4.59. The lowest BCUT2D eigenvalue weighted by molar-refractivity contribution is -0.116. The van der Waals surface area contributed by atoms with E-state index in [0.717, 1.165) is 6.92 Å². The smallest absolute Gasteiger partial charge is 0.252 e. The van der Waals surface area contributed by atoms with Crippen LogP contribution in [-0.4, -0.2) is 21.1 Å². The number of amides is 1. The summed E-state index contributed by atoms with van der Waals surface area (Å²) >= 11 is 0. The Morgan fingerprint density at radius 3 is 2.67 bits per heavy atom. The summed E-state index contributed by atoms with van der Waals surface area (Å²) < 4.78 is 32.4. The lowest BCUT2D eigenvalue weighted by atomic mass is 9.88. The largest absolute Gasteiger partial charge is 0.366 e. The molecule has 1 atom stereocenters. The first-order chi connectivity index (χ1) is 12.9. The number of fused-ring (bicyclic) bond motifs is 1. The molecule has 27 heavy (non-hydrogen) atoms. The van der Waals surface area contributed by atoms with Crippen LogP contribution in [0.15, 0.2) is 72.6 Å². The Hall–Kier alpha value is -3.48. The van der Waals surface area contributed by atoms with Crippen LogP contribution in [0, 0.1) is 0 Å². The molecule has 3 aromatic rings. The van der Waals surface area contributed by atoms with Crippen molar-refractivity contribution >= 4 is 22.7 Å². The van der Waals surface area contributed by atoms with Crippen molar-refractivity contribution in [1.82, 2.24) is 14.7 Å². The van der Waals surface area contributed by atoms with Crippen LogP contribution in [0.4, 0.5) is 8.78 Å². The Labute approximate surface area is 153 Å². The molecule has 2 aromatic heterocycles. The van der Waals surface area contributed by atoms with Gasteiger partial charge in [0.25, 0.3) is 5.91 Å². The molecule has 0 aliphatic carbocycles. The average Bonchev–Trinajstić information content (AvgIpc) is 3.09. The third-order valence-corrected chi connectivity index (χ3v) is 4.55. The molecule has 1 aliphatic rings. The molecular weight excluding hydrogens is 350 g/mol. The number of pyridine rings is 1. The van der Waals surface area contributed by atoms with E-state index in [4.69, 9.17) is 5.73 Å². The maximum atomic E-state index is 15.4. The van der Waals surface area contributed by atoms with E-state index in [9.17, 15) is 4.79 Å². The molecule has 0 radical (unpaired) electrons. The second-order valence-electron chi connectivity index (χ2n) is 6.41. The summed E-state index contributed by atoms with van der Waals surface area (Å²) in [6.45, 7) is 1.07. The molecule has 1 amide bonds. The van der Waals surface area contributed by atoms with Crippen molar-refractivity contribution in [2.75, 3.05) is 0 Å². The first kappa shape index (κ1) is 17.0. The van der Waals surface area contributed by atoms with Crippen molar-refractivity contribution in [2.24, 2.45) is 5.73 Å². The second kappa shape index (κ2) is 6.05. The number of nitrogens with one attached hydrogen (secondary N) is 1. The summed E-state index contributed by atoms with van der Waals surface area (Å²) in [7, 11) is 0. The molecule has 3 heterocycles. The van der Waals surface area contributed by atoms with E-state index < -0.39 is 23.1 Å². The highest BCUT2D eigenvalue weighted by atomic mass is 19.2. The predicted molar refractivity (Wildman–Crippen MR) is 98.4 cm³/mol. The van der Waals surface area contributed by atoms with Crippen molar-refractivity contribution in [3.05, 3.63) is 83.7 Å². The van der Waals surface area contributed by atoms with Gasteiger partial charge in [0.15, 0.2) is 0 Å². The van der Waals surface area contributed by atoms with Crippen LogP contribution in [0.3, 0.4) is 0 Å². The third-order valence-electron chi connectivity index (χ3n) is 4.55. The zero-order chi connectivity index (χ0) is 19.2. The van der Waals surface area contributed by atoms with Crippen LogP contribution in [0.5, 0.6) is 0 Å². The molecule has 0 saturated carbocycles. The highest BCUT2D eigenvalue weighted by Gasteiger charge is 2.42. The van der Waals surface area contributed by atoms with Gasteiger partial charge in [0.1, 0.15) is 11.4 Å². The Bertz CT molecular complexity index is 1110. The number of allylic oxidation sites excluding steroid dienone is 2. The Balaban J connectivity index is 2.10. The molecule has 1 aliphatic heterocycles. The number of nitrogens with two attached hydrogens (primary N) is 1. The van der Waals surface area contributed by atoms with Gasteiger partial charge in [-0.1, -0.05) is 30.3 Å². The van der Waals surface area contributed by atoms with E-state index >= 15 is 8.78 Å². The second-order valence-corrected chi connectivity index (χ2v) is 6.41. The van der Waals surface area contributed by atoms with Gasteiger partial charge in [0.2, 0.25) is 5.79 Å². The number of hydrogen-bond acceptors (Lipinski definition) is 3. The van der Waals surface area contributed by atoms with Gasteiger partial charge in [0, 0.05) is 17.3 Å². The molecular formula is C20H16F2N4O. The van der Waals surface area contributed by atoms with Crippen molar-refractivity contribution < 1.29 is 13.6 Å². The molecule has 0 saturated heterocycles. The fourth-order valence-electron chi connectivity index (χ4n) is 3.38. The number of imidazole rings is 1. The van der Waals surface area contributed by atoms with Crippen molar-refractivity contribution in [3.8, 4) is 0 Å². The zero-order valence-corrected chi connectivity index (χ0v) is 14.4. The highest BCUT2D eigenvalue weighted by Crippen LogP contribution is 2.42. The SMILES string of the molecule is CC1(F)NC(c2cccn3cncc23)=C(c2ccccc2)C(F)=C1C(N)=O. The lowest BCUT2D eigenvalue weighted by Crippen LogP contribution is -2.46. The topological polar surface area (TPSA) is 72.4 Å². The van der Waals surface area contributed by atoms with E-state index in [0.29, 0.717) is 16.6 Å². The molecule has 136 valence electrons. The Morgan fingerprint density at radius 2 is 1.96 bits per heavy atom. The molecule has 0 spiro atoms. The maximum Gasteiger partial charge on any atom is 0.252 e. The van der Waals surface area contributed by atoms with Crippen LogP contribution in [0.1, 0.15) is 18.1 Å². The van der Waals surface area contributed by atoms with Crippen LogP contribution in [-0.2, 0) is 4.79 Å². The molecule has 7 heteroatoms. The van der Waals surface area contributed by atoms with Crippen LogP contribution >= 0.6 is 0 Å². The Kier molecular flexibility index (Phi) is 3.80. The van der Waals surface area contributed by atoms with Crippen molar-refractivity contribution in [3.63, 3.8) is 0 Å².